The second-order valence-electron chi connectivity index (χ2n) is 8.36. The third kappa shape index (κ3) is 3.09. The number of allylic oxidation sites excluding steroid dienone is 2. The topological polar surface area (TPSA) is 0 Å². The van der Waals surface area contributed by atoms with Gasteiger partial charge in [0, 0.05) is 0 Å². The molecule has 0 nitrogen and oxygen atoms in total. The maximum Gasteiger partial charge on any atom is -1.00 e. The fourth-order valence-corrected chi connectivity index (χ4v) is 16.2. The van der Waals surface area contributed by atoms with Crippen LogP contribution in [0, 0.1) is 0 Å². The monoisotopic (exact) mass is 446 g/mol. The van der Waals surface area contributed by atoms with Crippen LogP contribution in [0.5, 0.6) is 0 Å². The number of hydrogen-bond donors (Lipinski definition) is 0. The van der Waals surface area contributed by atoms with Gasteiger partial charge in [0.15, 0.2) is 0 Å². The molecule has 1 saturated heterocycles. The Morgan fingerprint density at radius 2 is 1.14 bits per heavy atom. The summed E-state index contributed by atoms with van der Waals surface area (Å²) in [6.45, 7) is 4.75. The zero-order valence-corrected chi connectivity index (χ0v) is 19.8. The number of halogens is 2. The fourth-order valence-electron chi connectivity index (χ4n) is 6.08. The summed E-state index contributed by atoms with van der Waals surface area (Å²) < 4.78 is 4.67. The minimum atomic E-state index is -2.14. The van der Waals surface area contributed by atoms with Crippen molar-refractivity contribution in [2.75, 3.05) is 0 Å². The van der Waals surface area contributed by atoms with E-state index in [0.717, 1.165) is 8.45 Å². The molecule has 0 saturated carbocycles. The summed E-state index contributed by atoms with van der Waals surface area (Å²) in [5, 5.41) is 0. The minimum absolute atomic E-state index is 0. The zero-order chi connectivity index (χ0) is 17.7. The first-order valence-corrected chi connectivity index (χ1v) is 14.4. The van der Waals surface area contributed by atoms with Gasteiger partial charge in [-0.2, -0.15) is 0 Å². The SMILES string of the molecule is CCC1=Cc2ccccc2[CH]1[Ti+2]1([CH]2C(CC)=Cc3ccccc32)[CH2]C[CH2]1.[Cl-].[Cl-]. The van der Waals surface area contributed by atoms with Crippen molar-refractivity contribution in [3.8, 4) is 0 Å². The smallest absolute Gasteiger partial charge is 1.00 e. The van der Waals surface area contributed by atoms with Gasteiger partial charge in [-0.15, -0.1) is 0 Å². The average molecular weight is 447 g/mol. The van der Waals surface area contributed by atoms with Gasteiger partial charge in [0.25, 0.3) is 0 Å². The first-order valence-electron chi connectivity index (χ1n) is 10.4. The van der Waals surface area contributed by atoms with Crippen LogP contribution in [-0.2, 0) is 16.6 Å². The number of benzene rings is 2. The summed E-state index contributed by atoms with van der Waals surface area (Å²) in [5.74, 6) is 0. The van der Waals surface area contributed by atoms with Gasteiger partial charge in [0.05, 0.1) is 0 Å². The Morgan fingerprint density at radius 1 is 0.714 bits per heavy atom. The molecule has 2 atom stereocenters. The van der Waals surface area contributed by atoms with E-state index < -0.39 is 16.6 Å². The van der Waals surface area contributed by atoms with E-state index >= 15 is 0 Å². The van der Waals surface area contributed by atoms with Gasteiger partial charge in [-0.3, -0.25) is 0 Å². The first-order chi connectivity index (χ1) is 12.8. The van der Waals surface area contributed by atoms with Crippen LogP contribution in [0.15, 0.2) is 59.7 Å². The summed E-state index contributed by atoms with van der Waals surface area (Å²) in [4.78, 5) is 0. The molecule has 1 fully saturated rings. The summed E-state index contributed by atoms with van der Waals surface area (Å²) >= 11 is -2.14. The largest absolute Gasteiger partial charge is 1.00 e. The predicted molar refractivity (Wildman–Crippen MR) is 109 cm³/mol. The Balaban J connectivity index is 0.00000112. The molecule has 2 aromatic rings. The van der Waals surface area contributed by atoms with E-state index in [1.165, 1.54) is 30.4 Å². The fraction of sp³-hybridized carbons (Fsp3) is 0.360. The van der Waals surface area contributed by atoms with Crippen molar-refractivity contribution in [1.82, 2.24) is 0 Å². The predicted octanol–water partition coefficient (Wildman–Crippen LogP) is 1.49. The number of rotatable bonds is 4. The van der Waals surface area contributed by atoms with Crippen LogP contribution >= 0.6 is 0 Å². The molecular formula is C25H28Cl2Ti. The van der Waals surface area contributed by atoms with Crippen LogP contribution in [0.2, 0.25) is 9.45 Å². The van der Waals surface area contributed by atoms with E-state index in [1.54, 1.807) is 31.7 Å². The molecular weight excluding hydrogens is 419 g/mol. The van der Waals surface area contributed by atoms with Crippen LogP contribution in [-0.4, -0.2) is 0 Å². The molecule has 2 aliphatic carbocycles. The Morgan fingerprint density at radius 3 is 1.50 bits per heavy atom. The van der Waals surface area contributed by atoms with Crippen molar-refractivity contribution >= 4 is 12.2 Å². The van der Waals surface area contributed by atoms with Crippen LogP contribution in [0.3, 0.4) is 0 Å². The van der Waals surface area contributed by atoms with Gasteiger partial charge in [-0.25, -0.2) is 0 Å². The molecule has 2 unspecified atom stereocenters. The molecule has 0 N–H and O–H groups in total. The quantitative estimate of drug-likeness (QED) is 0.624. The van der Waals surface area contributed by atoms with Crippen molar-refractivity contribution in [1.29, 1.82) is 0 Å². The Labute approximate surface area is 185 Å². The molecule has 0 radical (unpaired) electrons. The molecule has 3 aliphatic rings. The second kappa shape index (κ2) is 8.53. The standard InChI is InChI=1S/2C11H11.C3H6.2ClH.Ti/c2*1-2-9-7-10-5-3-4-6-11(10)8-9;1-3-2;;;/h2*3-8H,2H2,1H3;1-3H2;2*1H;/q;;;;;+2/p-2. The first kappa shape index (κ1) is 21.9. The van der Waals surface area contributed by atoms with Gasteiger partial charge < -0.3 is 24.8 Å². The molecule has 0 bridgehead atoms. The normalized spacial score (nSPS) is 22.2. The zero-order valence-electron chi connectivity index (χ0n) is 16.7. The van der Waals surface area contributed by atoms with E-state index in [0.29, 0.717) is 0 Å². The number of fused-ring (bicyclic) bond motifs is 2. The van der Waals surface area contributed by atoms with E-state index in [1.807, 2.05) is 0 Å². The molecule has 0 aromatic heterocycles. The van der Waals surface area contributed by atoms with Crippen LogP contribution in [0.1, 0.15) is 63.8 Å². The van der Waals surface area contributed by atoms with E-state index in [2.05, 4.69) is 74.5 Å². The van der Waals surface area contributed by atoms with E-state index in [4.69, 9.17) is 0 Å². The molecule has 2 aromatic carbocycles. The van der Waals surface area contributed by atoms with Gasteiger partial charge in [-0.1, -0.05) is 0 Å². The molecule has 0 spiro atoms. The third-order valence-corrected chi connectivity index (χ3v) is 17.0. The van der Waals surface area contributed by atoms with Crippen molar-refractivity contribution in [2.24, 2.45) is 0 Å². The second-order valence-corrected chi connectivity index (χ2v) is 15.6. The van der Waals surface area contributed by atoms with Crippen LogP contribution in [0.25, 0.3) is 12.2 Å². The molecule has 3 heteroatoms. The molecule has 28 heavy (non-hydrogen) atoms. The van der Waals surface area contributed by atoms with Gasteiger partial charge in [0.2, 0.25) is 0 Å². The number of hydrogen-bond acceptors (Lipinski definition) is 0. The summed E-state index contributed by atoms with van der Waals surface area (Å²) in [7, 11) is 0. The summed E-state index contributed by atoms with van der Waals surface area (Å²) in [6.07, 6.45) is 8.98. The van der Waals surface area contributed by atoms with Crippen molar-refractivity contribution < 1.29 is 41.4 Å². The maximum atomic E-state index is 2.54. The summed E-state index contributed by atoms with van der Waals surface area (Å²) in [6, 6.07) is 18.6. The maximum absolute atomic E-state index is 2.54. The van der Waals surface area contributed by atoms with Gasteiger partial charge in [-0.05, 0) is 0 Å². The van der Waals surface area contributed by atoms with Crippen molar-refractivity contribution in [3.05, 3.63) is 81.9 Å². The van der Waals surface area contributed by atoms with Gasteiger partial charge in [0.1, 0.15) is 0 Å². The van der Waals surface area contributed by atoms with Gasteiger partial charge >= 0.3 is 162 Å². The van der Waals surface area contributed by atoms with E-state index in [-0.39, 0.29) is 24.8 Å². The Hall–Kier alpha value is -0.786. The Kier molecular flexibility index (Phi) is 6.67. The molecule has 0 amide bonds. The third-order valence-electron chi connectivity index (χ3n) is 7.29. The minimum Gasteiger partial charge on any atom is -1.00 e. The molecule has 146 valence electrons. The van der Waals surface area contributed by atoms with Crippen molar-refractivity contribution in [2.45, 2.75) is 51.0 Å². The van der Waals surface area contributed by atoms with Crippen LogP contribution < -0.4 is 24.8 Å². The average Bonchev–Trinajstić information content (AvgIpc) is 3.20. The van der Waals surface area contributed by atoms with Crippen molar-refractivity contribution in [3.63, 3.8) is 0 Å². The van der Waals surface area contributed by atoms with E-state index in [9.17, 15) is 0 Å². The summed E-state index contributed by atoms with van der Waals surface area (Å²) in [5.41, 5.74) is 9.85. The Bertz CT molecular complexity index is 852. The molecule has 1 aliphatic heterocycles. The van der Waals surface area contributed by atoms with Crippen LogP contribution in [0.4, 0.5) is 0 Å². The molecule has 1 heterocycles. The molecule has 5 rings (SSSR count).